The van der Waals surface area contributed by atoms with Crippen LogP contribution in [0.5, 0.6) is 0 Å². The molecular weight excluding hydrogens is 805 g/mol. The molecule has 1 atom stereocenters. The number of ether oxygens (including phenoxy) is 3. The van der Waals surface area contributed by atoms with Crippen molar-refractivity contribution >= 4 is 17.9 Å². The number of hydrogen-bond acceptors (Lipinski definition) is 6. The smallest absolute Gasteiger partial charge is 0.306 e. The maximum Gasteiger partial charge on any atom is 0.306 e. The highest BCUT2D eigenvalue weighted by Crippen LogP contribution is 2.14. The highest BCUT2D eigenvalue weighted by Gasteiger charge is 2.19. The largest absolute Gasteiger partial charge is 0.462 e. The summed E-state index contributed by atoms with van der Waals surface area (Å²) in [7, 11) is 0. The maximum absolute atomic E-state index is 12.8. The minimum atomic E-state index is -0.813. The molecular formula is C59H98O6. The summed E-state index contributed by atoms with van der Waals surface area (Å²) in [6.45, 7) is 6.33. The summed E-state index contributed by atoms with van der Waals surface area (Å²) in [5.41, 5.74) is 0. The standard InChI is InChI=1S/C59H98O6/c1-4-7-10-13-16-19-22-25-27-29-31-34-37-40-43-46-49-52-58(61)64-55-56(54-63-57(60)51-48-45-42-39-36-33-24-21-18-15-12-9-6-3)65-59(62)53-50-47-44-41-38-35-32-30-28-26-23-20-17-14-11-8-5-2/h7,9-10,12,16,18-19,21,25-28,33,36,42,45,56H,4-6,8,11,13-15,17,20,22-24,29-32,34-35,37-41,43-44,46-55H2,1-3H3/b10-7-,12-9-,19-16-,21-18-,27-25-,28-26-,36-33-,45-42-. The number of unbranched alkanes of at least 4 members (excludes halogenated alkanes) is 20. The molecule has 6 nitrogen and oxygen atoms in total. The molecule has 6 heteroatoms. The van der Waals surface area contributed by atoms with E-state index in [4.69, 9.17) is 14.2 Å². The van der Waals surface area contributed by atoms with Crippen molar-refractivity contribution < 1.29 is 28.6 Å². The lowest BCUT2D eigenvalue weighted by Gasteiger charge is -2.18. The van der Waals surface area contributed by atoms with E-state index in [1.807, 2.05) is 12.2 Å². The molecule has 0 aromatic rings. The Morgan fingerprint density at radius 2 is 0.631 bits per heavy atom. The van der Waals surface area contributed by atoms with Crippen molar-refractivity contribution in [2.45, 2.75) is 245 Å². The van der Waals surface area contributed by atoms with Gasteiger partial charge in [0.25, 0.3) is 0 Å². The molecule has 0 heterocycles. The Morgan fingerprint density at radius 1 is 0.323 bits per heavy atom. The van der Waals surface area contributed by atoms with Crippen LogP contribution < -0.4 is 0 Å². The summed E-state index contributed by atoms with van der Waals surface area (Å²) < 4.78 is 16.7. The van der Waals surface area contributed by atoms with Crippen molar-refractivity contribution in [3.8, 4) is 0 Å². The van der Waals surface area contributed by atoms with Crippen LogP contribution in [0.1, 0.15) is 239 Å². The molecule has 1 unspecified atom stereocenters. The molecule has 0 amide bonds. The molecule has 0 rings (SSSR count). The van der Waals surface area contributed by atoms with Crippen LogP contribution in [0, 0.1) is 0 Å². The molecule has 0 aliphatic heterocycles. The molecule has 65 heavy (non-hydrogen) atoms. The van der Waals surface area contributed by atoms with E-state index in [0.29, 0.717) is 19.3 Å². The molecule has 0 fully saturated rings. The average Bonchev–Trinajstić information content (AvgIpc) is 3.30. The lowest BCUT2D eigenvalue weighted by atomic mass is 10.1. The number of esters is 3. The SMILES string of the molecule is CC/C=C\C/C=C\C/C=C\C/C=C\CCC(=O)OCC(COC(=O)CCCCCCCCC/C=C\C/C=C\C/C=C\CC)OC(=O)CCCCCCCCC/C=C\CCCCCCCC. The van der Waals surface area contributed by atoms with Crippen molar-refractivity contribution in [3.05, 3.63) is 97.2 Å². The van der Waals surface area contributed by atoms with Gasteiger partial charge < -0.3 is 14.2 Å². The third-order valence-electron chi connectivity index (χ3n) is 11.1. The van der Waals surface area contributed by atoms with Crippen molar-refractivity contribution in [2.24, 2.45) is 0 Å². The third-order valence-corrected chi connectivity index (χ3v) is 11.1. The van der Waals surface area contributed by atoms with Gasteiger partial charge in [-0.1, -0.05) is 214 Å². The summed E-state index contributed by atoms with van der Waals surface area (Å²) in [5, 5.41) is 0. The van der Waals surface area contributed by atoms with Crippen LogP contribution in [0.4, 0.5) is 0 Å². The normalized spacial score (nSPS) is 12.8. The van der Waals surface area contributed by atoms with Crippen LogP contribution in [-0.4, -0.2) is 37.2 Å². The van der Waals surface area contributed by atoms with Crippen LogP contribution in [0.25, 0.3) is 0 Å². The van der Waals surface area contributed by atoms with E-state index < -0.39 is 6.10 Å². The van der Waals surface area contributed by atoms with Gasteiger partial charge in [0.1, 0.15) is 13.2 Å². The first kappa shape index (κ1) is 61.3. The van der Waals surface area contributed by atoms with Gasteiger partial charge in [-0.3, -0.25) is 14.4 Å². The first-order chi connectivity index (χ1) is 32.0. The summed E-state index contributed by atoms with van der Waals surface area (Å²) in [6, 6.07) is 0. The first-order valence-electron chi connectivity index (χ1n) is 26.7. The maximum atomic E-state index is 12.8. The van der Waals surface area contributed by atoms with Gasteiger partial charge in [0.05, 0.1) is 0 Å². The molecule has 0 saturated carbocycles. The molecule has 370 valence electrons. The van der Waals surface area contributed by atoms with Crippen LogP contribution in [0.15, 0.2) is 97.2 Å². The minimum absolute atomic E-state index is 0.107. The molecule has 0 bridgehead atoms. The number of rotatable bonds is 47. The highest BCUT2D eigenvalue weighted by molar-refractivity contribution is 5.71. The topological polar surface area (TPSA) is 78.9 Å². The van der Waals surface area contributed by atoms with Gasteiger partial charge in [0.15, 0.2) is 6.10 Å². The van der Waals surface area contributed by atoms with E-state index in [-0.39, 0.29) is 37.5 Å². The van der Waals surface area contributed by atoms with Crippen LogP contribution in [0.3, 0.4) is 0 Å². The van der Waals surface area contributed by atoms with E-state index in [2.05, 4.69) is 106 Å². The van der Waals surface area contributed by atoms with Crippen molar-refractivity contribution in [1.82, 2.24) is 0 Å². The highest BCUT2D eigenvalue weighted by atomic mass is 16.6. The number of carbonyl (C=O) groups is 3. The summed E-state index contributed by atoms with van der Waals surface area (Å²) in [5.74, 6) is -1.01. The molecule has 0 aliphatic carbocycles. The Hall–Kier alpha value is -3.67. The van der Waals surface area contributed by atoms with E-state index in [0.717, 1.165) is 89.9 Å². The second kappa shape index (κ2) is 52.9. The fraction of sp³-hybridized carbons (Fsp3) is 0.678. The van der Waals surface area contributed by atoms with Crippen LogP contribution >= 0.6 is 0 Å². The fourth-order valence-electron chi connectivity index (χ4n) is 7.11. The van der Waals surface area contributed by atoms with Crippen molar-refractivity contribution in [1.29, 1.82) is 0 Å². The van der Waals surface area contributed by atoms with E-state index in [9.17, 15) is 14.4 Å². The molecule has 0 aromatic heterocycles. The monoisotopic (exact) mass is 903 g/mol. The van der Waals surface area contributed by atoms with Gasteiger partial charge in [0, 0.05) is 19.3 Å². The zero-order valence-corrected chi connectivity index (χ0v) is 42.2. The Labute approximate surface area is 400 Å². The Balaban J connectivity index is 4.47. The van der Waals surface area contributed by atoms with E-state index in [1.54, 1.807) is 0 Å². The lowest BCUT2D eigenvalue weighted by Crippen LogP contribution is -2.30. The third kappa shape index (κ3) is 51.2. The number of allylic oxidation sites excluding steroid dienone is 16. The van der Waals surface area contributed by atoms with Gasteiger partial charge in [-0.25, -0.2) is 0 Å². The summed E-state index contributed by atoms with van der Waals surface area (Å²) >= 11 is 0. The van der Waals surface area contributed by atoms with Crippen LogP contribution in [-0.2, 0) is 28.6 Å². The predicted molar refractivity (Wildman–Crippen MR) is 279 cm³/mol. The van der Waals surface area contributed by atoms with E-state index >= 15 is 0 Å². The molecule has 0 N–H and O–H groups in total. The molecule has 0 aliphatic rings. The Kier molecular flexibility index (Phi) is 50.0. The predicted octanol–water partition coefficient (Wildman–Crippen LogP) is 17.8. The number of carbonyl (C=O) groups excluding carboxylic acids is 3. The molecule has 0 radical (unpaired) electrons. The average molecular weight is 903 g/mol. The second-order valence-corrected chi connectivity index (χ2v) is 17.4. The number of hydrogen-bond donors (Lipinski definition) is 0. The molecule has 0 saturated heterocycles. The summed E-state index contributed by atoms with van der Waals surface area (Å²) in [4.78, 5) is 38.0. The zero-order chi connectivity index (χ0) is 47.2. The minimum Gasteiger partial charge on any atom is -0.462 e. The fourth-order valence-corrected chi connectivity index (χ4v) is 7.11. The first-order valence-corrected chi connectivity index (χ1v) is 26.7. The van der Waals surface area contributed by atoms with Gasteiger partial charge in [-0.15, -0.1) is 0 Å². The Morgan fingerprint density at radius 3 is 1.05 bits per heavy atom. The van der Waals surface area contributed by atoms with Crippen molar-refractivity contribution in [2.75, 3.05) is 13.2 Å². The quantitative estimate of drug-likeness (QED) is 0.0262. The van der Waals surface area contributed by atoms with Gasteiger partial charge in [-0.05, 0) is 103 Å². The van der Waals surface area contributed by atoms with Gasteiger partial charge in [0.2, 0.25) is 0 Å². The zero-order valence-electron chi connectivity index (χ0n) is 42.2. The van der Waals surface area contributed by atoms with Crippen molar-refractivity contribution in [3.63, 3.8) is 0 Å². The lowest BCUT2D eigenvalue weighted by molar-refractivity contribution is -0.166. The molecule has 0 spiro atoms. The van der Waals surface area contributed by atoms with Gasteiger partial charge >= 0.3 is 17.9 Å². The second-order valence-electron chi connectivity index (χ2n) is 17.4. The Bertz CT molecular complexity index is 1310. The van der Waals surface area contributed by atoms with Gasteiger partial charge in [-0.2, -0.15) is 0 Å². The summed E-state index contributed by atoms with van der Waals surface area (Å²) in [6.07, 6.45) is 69.8. The molecule has 0 aromatic carbocycles. The van der Waals surface area contributed by atoms with Crippen LogP contribution in [0.2, 0.25) is 0 Å². The van der Waals surface area contributed by atoms with E-state index in [1.165, 1.54) is 103 Å².